The number of nitrogens with zero attached hydrogens (tertiary/aromatic N) is 1. The summed E-state index contributed by atoms with van der Waals surface area (Å²) < 4.78 is 0. The van der Waals surface area contributed by atoms with Gasteiger partial charge >= 0.3 is 0 Å². The minimum Gasteiger partial charge on any atom is -0.397 e. The maximum atomic E-state index is 12.4. The van der Waals surface area contributed by atoms with Crippen molar-refractivity contribution in [1.82, 2.24) is 10.3 Å². The summed E-state index contributed by atoms with van der Waals surface area (Å²) in [6.07, 6.45) is 7.77. The lowest BCUT2D eigenvalue weighted by atomic mass is 9.78. The average molecular weight is 289 g/mol. The van der Waals surface area contributed by atoms with E-state index in [1.165, 1.54) is 32.1 Å². The number of carbonyl (C=O) groups excluding carboxylic acids is 1. The zero-order valence-corrected chi connectivity index (χ0v) is 13.4. The van der Waals surface area contributed by atoms with E-state index in [4.69, 9.17) is 5.73 Å². The van der Waals surface area contributed by atoms with Crippen molar-refractivity contribution in [2.24, 2.45) is 11.3 Å². The lowest BCUT2D eigenvalue weighted by Gasteiger charge is -2.31. The first-order valence-electron chi connectivity index (χ1n) is 7.92. The standard InChI is InChI=1S/C17H27N3O/c1-12(2)9-17(6-4-5-7-17)11-20-16(21)15-8-14(18)10-19-13(15)3/h8,10,12H,4-7,9,11,18H2,1-3H3,(H,20,21). The van der Waals surface area contributed by atoms with Gasteiger partial charge in [0.1, 0.15) is 0 Å². The molecule has 1 aliphatic carbocycles. The number of anilines is 1. The predicted octanol–water partition coefficient (Wildman–Crippen LogP) is 3.31. The van der Waals surface area contributed by atoms with Gasteiger partial charge in [-0.1, -0.05) is 26.7 Å². The summed E-state index contributed by atoms with van der Waals surface area (Å²) in [6, 6.07) is 1.71. The van der Waals surface area contributed by atoms with Crippen molar-refractivity contribution in [2.75, 3.05) is 12.3 Å². The van der Waals surface area contributed by atoms with Crippen LogP contribution in [0, 0.1) is 18.3 Å². The third-order valence-corrected chi connectivity index (χ3v) is 4.48. The molecule has 4 nitrogen and oxygen atoms in total. The van der Waals surface area contributed by atoms with Crippen LogP contribution in [0.2, 0.25) is 0 Å². The first-order chi connectivity index (χ1) is 9.92. The fourth-order valence-electron chi connectivity index (χ4n) is 3.59. The topological polar surface area (TPSA) is 68.0 Å². The Morgan fingerprint density at radius 3 is 2.71 bits per heavy atom. The Bertz CT molecular complexity index is 505. The minimum atomic E-state index is -0.0534. The van der Waals surface area contributed by atoms with E-state index < -0.39 is 0 Å². The summed E-state index contributed by atoms with van der Waals surface area (Å²) in [6.45, 7) is 7.12. The molecular weight excluding hydrogens is 262 g/mol. The van der Waals surface area contributed by atoms with Gasteiger partial charge < -0.3 is 11.1 Å². The molecular formula is C17H27N3O. The van der Waals surface area contributed by atoms with E-state index in [1.807, 2.05) is 6.92 Å². The van der Waals surface area contributed by atoms with Crippen molar-refractivity contribution in [1.29, 1.82) is 0 Å². The normalized spacial score (nSPS) is 17.1. The van der Waals surface area contributed by atoms with Gasteiger partial charge in [0, 0.05) is 6.54 Å². The number of rotatable bonds is 5. The number of hydrogen-bond acceptors (Lipinski definition) is 3. The van der Waals surface area contributed by atoms with Crippen LogP contribution in [0.25, 0.3) is 0 Å². The monoisotopic (exact) mass is 289 g/mol. The first kappa shape index (κ1) is 15.8. The largest absolute Gasteiger partial charge is 0.397 e. The second kappa shape index (κ2) is 6.46. The van der Waals surface area contributed by atoms with Crippen LogP contribution in [0.4, 0.5) is 5.69 Å². The number of hydrogen-bond donors (Lipinski definition) is 2. The summed E-state index contributed by atoms with van der Waals surface area (Å²) in [5, 5.41) is 3.12. The molecule has 0 radical (unpaired) electrons. The molecule has 0 saturated heterocycles. The van der Waals surface area contributed by atoms with Gasteiger partial charge in [0.15, 0.2) is 0 Å². The highest BCUT2D eigenvalue weighted by atomic mass is 16.1. The van der Waals surface area contributed by atoms with Gasteiger partial charge in [-0.3, -0.25) is 9.78 Å². The van der Waals surface area contributed by atoms with Crippen molar-refractivity contribution in [3.63, 3.8) is 0 Å². The van der Waals surface area contributed by atoms with E-state index in [-0.39, 0.29) is 11.3 Å². The van der Waals surface area contributed by atoms with Crippen molar-refractivity contribution in [3.8, 4) is 0 Å². The molecule has 1 heterocycles. The Morgan fingerprint density at radius 2 is 2.10 bits per heavy atom. The molecule has 0 atom stereocenters. The number of amides is 1. The molecule has 0 aliphatic heterocycles. The molecule has 0 aromatic carbocycles. The van der Waals surface area contributed by atoms with Crippen LogP contribution in [0.15, 0.2) is 12.3 Å². The fraction of sp³-hybridized carbons (Fsp3) is 0.647. The van der Waals surface area contributed by atoms with Crippen LogP contribution in [0.1, 0.15) is 62.0 Å². The molecule has 1 fully saturated rings. The van der Waals surface area contributed by atoms with Gasteiger partial charge in [-0.05, 0) is 43.6 Å². The third kappa shape index (κ3) is 3.96. The van der Waals surface area contributed by atoms with Crippen LogP contribution in [0.5, 0.6) is 0 Å². The van der Waals surface area contributed by atoms with Gasteiger partial charge in [-0.25, -0.2) is 0 Å². The number of pyridine rings is 1. The summed E-state index contributed by atoms with van der Waals surface area (Å²) in [4.78, 5) is 16.6. The van der Waals surface area contributed by atoms with Crippen LogP contribution in [0.3, 0.4) is 0 Å². The van der Waals surface area contributed by atoms with Gasteiger partial charge in [-0.15, -0.1) is 0 Å². The van der Waals surface area contributed by atoms with Gasteiger partial charge in [0.25, 0.3) is 5.91 Å². The molecule has 2 rings (SSSR count). The molecule has 21 heavy (non-hydrogen) atoms. The summed E-state index contributed by atoms with van der Waals surface area (Å²) in [7, 11) is 0. The number of nitrogens with one attached hydrogen (secondary N) is 1. The van der Waals surface area contributed by atoms with Crippen molar-refractivity contribution < 1.29 is 4.79 Å². The quantitative estimate of drug-likeness (QED) is 0.874. The molecule has 1 aromatic rings. The zero-order valence-electron chi connectivity index (χ0n) is 13.4. The number of carbonyl (C=O) groups is 1. The minimum absolute atomic E-state index is 0.0534. The average Bonchev–Trinajstić information content (AvgIpc) is 2.87. The van der Waals surface area contributed by atoms with E-state index in [0.29, 0.717) is 17.2 Å². The maximum Gasteiger partial charge on any atom is 0.253 e. The Morgan fingerprint density at radius 1 is 1.43 bits per heavy atom. The van der Waals surface area contributed by atoms with E-state index in [9.17, 15) is 4.79 Å². The Balaban J connectivity index is 2.03. The van der Waals surface area contributed by atoms with E-state index in [2.05, 4.69) is 24.1 Å². The molecule has 1 aliphatic rings. The van der Waals surface area contributed by atoms with E-state index >= 15 is 0 Å². The van der Waals surface area contributed by atoms with Crippen molar-refractivity contribution >= 4 is 11.6 Å². The number of nitrogen functional groups attached to an aromatic ring is 1. The number of aryl methyl sites for hydroxylation is 1. The van der Waals surface area contributed by atoms with Crippen molar-refractivity contribution in [2.45, 2.75) is 52.9 Å². The molecule has 0 bridgehead atoms. The summed E-state index contributed by atoms with van der Waals surface area (Å²) >= 11 is 0. The smallest absolute Gasteiger partial charge is 0.253 e. The molecule has 0 unspecified atom stereocenters. The Labute approximate surface area is 127 Å². The maximum absolute atomic E-state index is 12.4. The van der Waals surface area contributed by atoms with Gasteiger partial charge in [0.2, 0.25) is 0 Å². The molecule has 4 heteroatoms. The molecule has 3 N–H and O–H groups in total. The lowest BCUT2D eigenvalue weighted by Crippen LogP contribution is -2.37. The highest BCUT2D eigenvalue weighted by Gasteiger charge is 2.34. The van der Waals surface area contributed by atoms with Gasteiger partial charge in [-0.2, -0.15) is 0 Å². The van der Waals surface area contributed by atoms with E-state index in [0.717, 1.165) is 12.2 Å². The zero-order chi connectivity index (χ0) is 15.5. The summed E-state index contributed by atoms with van der Waals surface area (Å²) in [5.41, 5.74) is 7.87. The third-order valence-electron chi connectivity index (χ3n) is 4.48. The molecule has 1 amide bonds. The second-order valence-electron chi connectivity index (χ2n) is 6.89. The predicted molar refractivity (Wildman–Crippen MR) is 86.1 cm³/mol. The Kier molecular flexibility index (Phi) is 4.86. The van der Waals surface area contributed by atoms with Crippen molar-refractivity contribution in [3.05, 3.63) is 23.5 Å². The molecule has 1 aromatic heterocycles. The molecule has 0 spiro atoms. The number of nitrogens with two attached hydrogens (primary N) is 1. The molecule has 116 valence electrons. The lowest BCUT2D eigenvalue weighted by molar-refractivity contribution is 0.0921. The van der Waals surface area contributed by atoms with E-state index in [1.54, 1.807) is 12.3 Å². The Hall–Kier alpha value is -1.58. The first-order valence-corrected chi connectivity index (χ1v) is 7.92. The van der Waals surface area contributed by atoms with Crippen LogP contribution in [-0.4, -0.2) is 17.4 Å². The fourth-order valence-corrected chi connectivity index (χ4v) is 3.59. The number of aromatic nitrogens is 1. The SMILES string of the molecule is Cc1ncc(N)cc1C(=O)NCC1(CC(C)C)CCCC1. The van der Waals surface area contributed by atoms with Gasteiger partial charge in [0.05, 0.1) is 23.1 Å². The molecule has 1 saturated carbocycles. The summed E-state index contributed by atoms with van der Waals surface area (Å²) in [5.74, 6) is 0.609. The van der Waals surface area contributed by atoms with Crippen LogP contribution >= 0.6 is 0 Å². The van der Waals surface area contributed by atoms with Crippen LogP contribution in [-0.2, 0) is 0 Å². The highest BCUT2D eigenvalue weighted by molar-refractivity contribution is 5.95. The second-order valence-corrected chi connectivity index (χ2v) is 6.89. The highest BCUT2D eigenvalue weighted by Crippen LogP contribution is 2.42. The van der Waals surface area contributed by atoms with Crippen LogP contribution < -0.4 is 11.1 Å².